The standard InChI is InChI=1S/C34H41N2O7P/c1-41-29-18-16-27(17-19-29)23-36-32(22-26-12-7-4-8-13-26)34(43-44(38,39)40)33(37)31(21-25-10-5-3-6-11-25)35-24-28-14-9-15-30(20-28)42-2/h3-20,31-37H,21-24H2,1-2H3,(H2,38,39,40)/t31-,32-,33+,34+/m1/s1. The van der Waals surface area contributed by atoms with Crippen LogP contribution < -0.4 is 20.1 Å². The average Bonchev–Trinajstić information content (AvgIpc) is 3.04. The molecule has 4 aromatic rings. The molecule has 5 N–H and O–H groups in total. The first kappa shape index (κ1) is 33.4. The summed E-state index contributed by atoms with van der Waals surface area (Å²) in [4.78, 5) is 20.1. The molecule has 0 aliphatic carbocycles. The largest absolute Gasteiger partial charge is 0.497 e. The second kappa shape index (κ2) is 16.5. The Bertz CT molecular complexity index is 1450. The number of ether oxygens (including phenoxy) is 2. The van der Waals surface area contributed by atoms with E-state index in [0.717, 1.165) is 28.0 Å². The fourth-order valence-corrected chi connectivity index (χ4v) is 5.73. The highest BCUT2D eigenvalue weighted by atomic mass is 31.2. The van der Waals surface area contributed by atoms with Gasteiger partial charge in [0.2, 0.25) is 0 Å². The molecule has 0 aliphatic rings. The van der Waals surface area contributed by atoms with Gasteiger partial charge >= 0.3 is 7.82 Å². The number of aliphatic hydroxyl groups is 1. The summed E-state index contributed by atoms with van der Waals surface area (Å²) in [7, 11) is -1.81. The van der Waals surface area contributed by atoms with Crippen LogP contribution in [-0.4, -0.2) is 53.4 Å². The summed E-state index contributed by atoms with van der Waals surface area (Å²) in [5.41, 5.74) is 3.75. The molecular formula is C34H41N2O7P. The summed E-state index contributed by atoms with van der Waals surface area (Å²) in [6.45, 7) is 0.757. The van der Waals surface area contributed by atoms with Crippen molar-refractivity contribution in [3.63, 3.8) is 0 Å². The molecule has 0 saturated carbocycles. The van der Waals surface area contributed by atoms with Crippen LogP contribution >= 0.6 is 7.82 Å². The van der Waals surface area contributed by atoms with Crippen LogP contribution in [0.4, 0.5) is 0 Å². The minimum atomic E-state index is -5.01. The second-order valence-corrected chi connectivity index (χ2v) is 11.8. The molecule has 0 spiro atoms. The van der Waals surface area contributed by atoms with Crippen LogP contribution in [0.25, 0.3) is 0 Å². The van der Waals surface area contributed by atoms with Gasteiger partial charge in [0.15, 0.2) is 0 Å². The lowest BCUT2D eigenvalue weighted by molar-refractivity contribution is -0.0237. The Morgan fingerprint density at radius 3 is 1.73 bits per heavy atom. The van der Waals surface area contributed by atoms with Gasteiger partial charge in [-0.1, -0.05) is 84.9 Å². The maximum Gasteiger partial charge on any atom is 0.469 e. The Kier molecular flexibility index (Phi) is 12.5. The van der Waals surface area contributed by atoms with E-state index in [1.54, 1.807) is 14.2 Å². The predicted octanol–water partition coefficient (Wildman–Crippen LogP) is 4.64. The lowest BCUT2D eigenvalue weighted by Gasteiger charge is -2.36. The summed E-state index contributed by atoms with van der Waals surface area (Å²) >= 11 is 0. The number of methoxy groups -OCH3 is 2. The van der Waals surface area contributed by atoms with E-state index >= 15 is 0 Å². The third-order valence-electron chi connectivity index (χ3n) is 7.43. The normalized spacial score (nSPS) is 14.4. The Hall–Kier alpha value is -3.53. The third kappa shape index (κ3) is 10.6. The van der Waals surface area contributed by atoms with Gasteiger partial charge in [-0.15, -0.1) is 0 Å². The molecule has 234 valence electrons. The summed E-state index contributed by atoms with van der Waals surface area (Å²) in [5.74, 6) is 1.43. The highest BCUT2D eigenvalue weighted by molar-refractivity contribution is 7.46. The number of hydrogen-bond donors (Lipinski definition) is 5. The smallest absolute Gasteiger partial charge is 0.469 e. The SMILES string of the molecule is COc1ccc(CN[C@H](Cc2ccccc2)[C@H](OP(=O)(O)O)[C@@H](O)[C@@H](Cc2ccccc2)NCc2cccc(OC)c2)cc1. The first-order valence-corrected chi connectivity index (χ1v) is 16.0. The van der Waals surface area contributed by atoms with Gasteiger partial charge in [-0.05, 0) is 59.4 Å². The average molecular weight is 621 g/mol. The maximum absolute atomic E-state index is 12.4. The van der Waals surface area contributed by atoms with Crippen LogP contribution in [0.5, 0.6) is 11.5 Å². The van der Waals surface area contributed by atoms with Gasteiger partial charge in [0.1, 0.15) is 17.6 Å². The fourth-order valence-electron chi connectivity index (χ4n) is 5.14. The fraction of sp³-hybridized carbons (Fsp3) is 0.294. The number of nitrogens with one attached hydrogen (secondary N) is 2. The van der Waals surface area contributed by atoms with Crippen LogP contribution in [-0.2, 0) is 35.0 Å². The molecule has 0 amide bonds. The van der Waals surface area contributed by atoms with Crippen molar-refractivity contribution in [2.45, 2.75) is 50.2 Å². The number of hydrogen-bond acceptors (Lipinski definition) is 7. The van der Waals surface area contributed by atoms with E-state index in [9.17, 15) is 19.5 Å². The first-order chi connectivity index (χ1) is 21.2. The summed E-state index contributed by atoms with van der Waals surface area (Å²) in [6.07, 6.45) is -1.85. The molecule has 0 unspecified atom stereocenters. The maximum atomic E-state index is 12.4. The Balaban J connectivity index is 1.65. The molecule has 0 fully saturated rings. The number of aliphatic hydroxyl groups excluding tert-OH is 1. The van der Waals surface area contributed by atoms with Crippen molar-refractivity contribution in [3.05, 3.63) is 131 Å². The van der Waals surface area contributed by atoms with Gasteiger partial charge in [-0.2, -0.15) is 0 Å². The predicted molar refractivity (Wildman–Crippen MR) is 170 cm³/mol. The second-order valence-electron chi connectivity index (χ2n) is 10.6. The quantitative estimate of drug-likeness (QED) is 0.107. The van der Waals surface area contributed by atoms with Crippen molar-refractivity contribution < 1.29 is 33.5 Å². The molecule has 0 bridgehead atoms. The molecule has 4 aromatic carbocycles. The minimum absolute atomic E-state index is 0.354. The molecule has 4 rings (SSSR count). The van der Waals surface area contributed by atoms with Gasteiger partial charge in [0, 0.05) is 25.2 Å². The zero-order valence-corrected chi connectivity index (χ0v) is 25.8. The highest BCUT2D eigenvalue weighted by Gasteiger charge is 2.39. The molecule has 44 heavy (non-hydrogen) atoms. The van der Waals surface area contributed by atoms with Crippen LogP contribution in [0.15, 0.2) is 109 Å². The lowest BCUT2D eigenvalue weighted by atomic mass is 9.91. The minimum Gasteiger partial charge on any atom is -0.497 e. The first-order valence-electron chi connectivity index (χ1n) is 14.5. The number of phosphoric acid groups is 1. The van der Waals surface area contributed by atoms with Crippen molar-refractivity contribution in [2.75, 3.05) is 14.2 Å². The monoisotopic (exact) mass is 620 g/mol. The highest BCUT2D eigenvalue weighted by Crippen LogP contribution is 2.40. The third-order valence-corrected chi connectivity index (χ3v) is 7.95. The van der Waals surface area contributed by atoms with Crippen LogP contribution in [0.3, 0.4) is 0 Å². The van der Waals surface area contributed by atoms with Gasteiger partial charge in [0.05, 0.1) is 20.3 Å². The molecule has 0 aromatic heterocycles. The Morgan fingerprint density at radius 1 is 0.636 bits per heavy atom. The Labute approximate surface area is 259 Å². The van der Waals surface area contributed by atoms with Gasteiger partial charge in [-0.3, -0.25) is 4.52 Å². The summed E-state index contributed by atoms with van der Waals surface area (Å²) < 4.78 is 28.4. The number of phosphoric ester groups is 1. The lowest BCUT2D eigenvalue weighted by Crippen LogP contribution is -2.56. The molecule has 0 saturated heterocycles. The van der Waals surface area contributed by atoms with E-state index in [2.05, 4.69) is 10.6 Å². The van der Waals surface area contributed by atoms with Crippen LogP contribution in [0, 0.1) is 0 Å². The number of benzene rings is 4. The van der Waals surface area contributed by atoms with E-state index in [-0.39, 0.29) is 0 Å². The van der Waals surface area contributed by atoms with E-state index in [0.29, 0.717) is 31.7 Å². The molecule has 0 aliphatic heterocycles. The topological polar surface area (TPSA) is 130 Å². The molecule has 9 nitrogen and oxygen atoms in total. The van der Waals surface area contributed by atoms with Gasteiger partial charge in [0.25, 0.3) is 0 Å². The van der Waals surface area contributed by atoms with Crippen LogP contribution in [0.1, 0.15) is 22.3 Å². The summed E-state index contributed by atoms with van der Waals surface area (Å²) in [5, 5.41) is 18.8. The van der Waals surface area contributed by atoms with Crippen molar-refractivity contribution in [3.8, 4) is 11.5 Å². The van der Waals surface area contributed by atoms with Crippen molar-refractivity contribution in [2.24, 2.45) is 0 Å². The zero-order valence-electron chi connectivity index (χ0n) is 25.0. The molecule has 0 heterocycles. The molecule has 10 heteroatoms. The molecule has 0 radical (unpaired) electrons. The van der Waals surface area contributed by atoms with E-state index in [1.165, 1.54) is 0 Å². The van der Waals surface area contributed by atoms with E-state index in [4.69, 9.17) is 14.0 Å². The van der Waals surface area contributed by atoms with Crippen LogP contribution in [0.2, 0.25) is 0 Å². The molecular weight excluding hydrogens is 579 g/mol. The van der Waals surface area contributed by atoms with Gasteiger partial charge < -0.3 is 35.0 Å². The van der Waals surface area contributed by atoms with Gasteiger partial charge in [-0.25, -0.2) is 4.57 Å². The van der Waals surface area contributed by atoms with Crippen molar-refractivity contribution >= 4 is 7.82 Å². The summed E-state index contributed by atoms with van der Waals surface area (Å²) in [6, 6.07) is 33.0. The van der Waals surface area contributed by atoms with Crippen molar-refractivity contribution in [1.82, 2.24) is 10.6 Å². The van der Waals surface area contributed by atoms with E-state index < -0.39 is 32.1 Å². The molecule has 4 atom stereocenters. The number of rotatable bonds is 17. The Morgan fingerprint density at radius 2 is 1.16 bits per heavy atom. The van der Waals surface area contributed by atoms with Crippen molar-refractivity contribution in [1.29, 1.82) is 0 Å². The van der Waals surface area contributed by atoms with E-state index in [1.807, 2.05) is 109 Å². The zero-order chi connectivity index (χ0) is 31.4.